The molecule has 2 atom stereocenters. The molecule has 1 aliphatic heterocycles. The van der Waals surface area contributed by atoms with Crippen LogP contribution in [0.1, 0.15) is 17.0 Å². The van der Waals surface area contributed by atoms with Crippen LogP contribution in [0, 0.1) is 22.7 Å². The van der Waals surface area contributed by atoms with Crippen molar-refractivity contribution < 1.29 is 0 Å². The second kappa shape index (κ2) is 11.7. The van der Waals surface area contributed by atoms with E-state index in [4.69, 9.17) is 0 Å². The first-order valence-corrected chi connectivity index (χ1v) is 17.5. The smallest absolute Gasteiger partial charge is 0.0998 e. The summed E-state index contributed by atoms with van der Waals surface area (Å²) in [5, 5.41) is 24.2. The maximum Gasteiger partial charge on any atom is 0.0998 e. The topological polar surface area (TPSA) is 55.8 Å². The Hall–Kier alpha value is -7.14. The van der Waals surface area contributed by atoms with Crippen molar-refractivity contribution in [3.63, 3.8) is 0 Å². The van der Waals surface area contributed by atoms with Crippen molar-refractivity contribution in [1.82, 2.24) is 4.57 Å². The van der Waals surface area contributed by atoms with Crippen LogP contribution in [0.2, 0.25) is 0 Å². The van der Waals surface area contributed by atoms with Gasteiger partial charge in [-0.3, -0.25) is 0 Å². The van der Waals surface area contributed by atoms with E-state index in [0.29, 0.717) is 11.1 Å². The first-order chi connectivity index (χ1) is 25.7. The highest BCUT2D eigenvalue weighted by Gasteiger charge is 2.40. The molecule has 242 valence electrons. The van der Waals surface area contributed by atoms with Crippen LogP contribution in [-0.2, 0) is 0 Å². The number of anilines is 2. The van der Waals surface area contributed by atoms with Crippen LogP contribution in [0.5, 0.6) is 0 Å². The summed E-state index contributed by atoms with van der Waals surface area (Å²) in [5.41, 5.74) is 12.8. The number of nitriles is 2. The van der Waals surface area contributed by atoms with E-state index in [2.05, 4.69) is 155 Å². The van der Waals surface area contributed by atoms with E-state index >= 15 is 0 Å². The van der Waals surface area contributed by atoms with Gasteiger partial charge in [-0.1, -0.05) is 115 Å². The Kier molecular flexibility index (Phi) is 6.71. The molecule has 0 N–H and O–H groups in total. The maximum atomic E-state index is 10.1. The Balaban J connectivity index is 1.05. The predicted octanol–water partition coefficient (Wildman–Crippen LogP) is 11.8. The fourth-order valence-electron chi connectivity index (χ4n) is 8.39. The minimum atomic E-state index is -0.0275. The van der Waals surface area contributed by atoms with E-state index in [1.54, 1.807) is 0 Å². The molecule has 8 aromatic rings. The SMILES string of the molecule is N#CC1=CC2c3cc(C#N)c4ccccc4c3N(c3ccc(-c4ccc5c(c4)c4ccccc4n5-c4ccc(-c5ccccc5)cc4)cc3)C2C=C1. The largest absolute Gasteiger partial charge is 0.333 e. The highest BCUT2D eigenvalue weighted by molar-refractivity contribution is 6.10. The van der Waals surface area contributed by atoms with Crippen LogP contribution in [0.25, 0.3) is 60.5 Å². The summed E-state index contributed by atoms with van der Waals surface area (Å²) in [6, 6.07) is 58.5. The van der Waals surface area contributed by atoms with Crippen LogP contribution >= 0.6 is 0 Å². The van der Waals surface area contributed by atoms with Gasteiger partial charge in [-0.05, 0) is 82.4 Å². The van der Waals surface area contributed by atoms with Crippen molar-refractivity contribution in [3.05, 3.63) is 187 Å². The number of aromatic nitrogens is 1. The van der Waals surface area contributed by atoms with Crippen LogP contribution in [0.4, 0.5) is 11.4 Å². The second-order valence-electron chi connectivity index (χ2n) is 13.5. The van der Waals surface area contributed by atoms with Crippen molar-refractivity contribution in [2.75, 3.05) is 4.90 Å². The summed E-state index contributed by atoms with van der Waals surface area (Å²) < 4.78 is 2.36. The van der Waals surface area contributed by atoms with Crippen molar-refractivity contribution >= 4 is 44.0 Å². The summed E-state index contributed by atoms with van der Waals surface area (Å²) in [7, 11) is 0. The lowest BCUT2D eigenvalue weighted by molar-refractivity contribution is 0.741. The van der Waals surface area contributed by atoms with Gasteiger partial charge >= 0.3 is 0 Å². The molecule has 4 nitrogen and oxygen atoms in total. The number of hydrogen-bond donors (Lipinski definition) is 0. The zero-order valence-corrected chi connectivity index (χ0v) is 28.1. The van der Waals surface area contributed by atoms with Gasteiger partial charge in [-0.15, -0.1) is 0 Å². The minimum Gasteiger partial charge on any atom is -0.333 e. The summed E-state index contributed by atoms with van der Waals surface area (Å²) in [6.07, 6.45) is 6.11. The van der Waals surface area contributed by atoms with Crippen LogP contribution in [0.15, 0.2) is 175 Å². The molecule has 2 aliphatic rings. The molecule has 0 spiro atoms. The average Bonchev–Trinajstić information content (AvgIpc) is 3.73. The highest BCUT2D eigenvalue weighted by Crippen LogP contribution is 2.52. The summed E-state index contributed by atoms with van der Waals surface area (Å²) >= 11 is 0. The van der Waals surface area contributed by atoms with Gasteiger partial charge in [0.05, 0.1) is 40.5 Å². The number of rotatable bonds is 4. The van der Waals surface area contributed by atoms with E-state index in [1.807, 2.05) is 36.4 Å². The van der Waals surface area contributed by atoms with E-state index in [1.165, 1.54) is 32.9 Å². The fraction of sp³-hybridized carbons (Fsp3) is 0.0417. The van der Waals surface area contributed by atoms with Crippen LogP contribution < -0.4 is 4.90 Å². The van der Waals surface area contributed by atoms with Gasteiger partial charge < -0.3 is 9.47 Å². The molecule has 10 rings (SSSR count). The molecule has 4 heteroatoms. The molecule has 0 radical (unpaired) electrons. The fourth-order valence-corrected chi connectivity index (χ4v) is 8.39. The third-order valence-electron chi connectivity index (χ3n) is 10.8. The molecule has 2 unspecified atom stereocenters. The second-order valence-corrected chi connectivity index (χ2v) is 13.5. The summed E-state index contributed by atoms with van der Waals surface area (Å²) in [5.74, 6) is -0.0275. The molecule has 0 saturated carbocycles. The maximum absolute atomic E-state index is 10.1. The van der Waals surface area contributed by atoms with Gasteiger partial charge in [-0.2, -0.15) is 10.5 Å². The lowest BCUT2D eigenvalue weighted by atomic mass is 9.87. The summed E-state index contributed by atoms with van der Waals surface area (Å²) in [4.78, 5) is 2.38. The highest BCUT2D eigenvalue weighted by atomic mass is 15.2. The Morgan fingerprint density at radius 1 is 0.500 bits per heavy atom. The number of allylic oxidation sites excluding steroid dienone is 2. The molecule has 0 amide bonds. The van der Waals surface area contributed by atoms with Crippen LogP contribution in [-0.4, -0.2) is 10.6 Å². The lowest BCUT2D eigenvalue weighted by Crippen LogP contribution is -2.29. The van der Waals surface area contributed by atoms with Gasteiger partial charge in [0.15, 0.2) is 0 Å². The third-order valence-corrected chi connectivity index (χ3v) is 10.8. The van der Waals surface area contributed by atoms with Gasteiger partial charge in [-0.25, -0.2) is 0 Å². The molecule has 1 aromatic heterocycles. The Labute approximate surface area is 301 Å². The normalized spacial score (nSPS) is 16.0. The van der Waals surface area contributed by atoms with Crippen molar-refractivity contribution in [2.45, 2.75) is 12.0 Å². The monoisotopic (exact) mass is 662 g/mol. The number of hydrogen-bond acceptors (Lipinski definition) is 3. The van der Waals surface area contributed by atoms with E-state index in [9.17, 15) is 10.5 Å². The molecule has 1 aliphatic carbocycles. The van der Waals surface area contributed by atoms with Crippen molar-refractivity contribution in [1.29, 1.82) is 10.5 Å². The van der Waals surface area contributed by atoms with E-state index in [-0.39, 0.29) is 12.0 Å². The molecular weight excluding hydrogens is 633 g/mol. The average molecular weight is 663 g/mol. The molecule has 0 fully saturated rings. The molecule has 0 bridgehead atoms. The van der Waals surface area contributed by atoms with Crippen molar-refractivity contribution in [2.24, 2.45) is 0 Å². The van der Waals surface area contributed by atoms with E-state index in [0.717, 1.165) is 44.5 Å². The Morgan fingerprint density at radius 3 is 1.87 bits per heavy atom. The number of fused-ring (bicyclic) bond motifs is 8. The number of benzene rings is 7. The minimum absolute atomic E-state index is 0.000429. The molecule has 2 heterocycles. The van der Waals surface area contributed by atoms with Gasteiger partial charge in [0, 0.05) is 44.4 Å². The third kappa shape index (κ3) is 4.52. The Morgan fingerprint density at radius 2 is 1.12 bits per heavy atom. The van der Waals surface area contributed by atoms with Gasteiger partial charge in [0.2, 0.25) is 0 Å². The zero-order chi connectivity index (χ0) is 34.8. The molecular formula is C48H30N4. The molecule has 7 aromatic carbocycles. The first kappa shape index (κ1) is 29.7. The zero-order valence-electron chi connectivity index (χ0n) is 28.1. The summed E-state index contributed by atoms with van der Waals surface area (Å²) in [6.45, 7) is 0. The number of nitrogens with zero attached hydrogens (tertiary/aromatic N) is 4. The van der Waals surface area contributed by atoms with E-state index < -0.39 is 0 Å². The molecule has 0 saturated heterocycles. The number of para-hydroxylation sites is 1. The van der Waals surface area contributed by atoms with Gasteiger partial charge in [0.25, 0.3) is 0 Å². The van der Waals surface area contributed by atoms with Gasteiger partial charge in [0.1, 0.15) is 0 Å². The lowest BCUT2D eigenvalue weighted by Gasteiger charge is -2.29. The first-order valence-electron chi connectivity index (χ1n) is 17.5. The predicted molar refractivity (Wildman–Crippen MR) is 212 cm³/mol. The van der Waals surface area contributed by atoms with Crippen molar-refractivity contribution in [3.8, 4) is 40.1 Å². The molecule has 52 heavy (non-hydrogen) atoms. The van der Waals surface area contributed by atoms with Crippen LogP contribution in [0.3, 0.4) is 0 Å². The quantitative estimate of drug-likeness (QED) is 0.188. The standard InChI is InChI=1S/C48H30N4/c49-29-31-14-24-47-42(26-31)44-28-36(30-50)39-10-4-5-12-41(39)48(44)52(47)38-22-17-34(18-23-38)35-19-25-46-43(27-35)40-11-6-7-13-45(40)51(46)37-20-15-33(16-21-37)32-8-2-1-3-9-32/h1-28,42,47H. The Bertz CT molecular complexity index is 2860.